The number of rotatable bonds is 3. The van der Waals surface area contributed by atoms with Crippen LogP contribution in [0.15, 0.2) is 36.7 Å². The summed E-state index contributed by atoms with van der Waals surface area (Å²) in [6.45, 7) is 1.16. The molecule has 1 amide bonds. The Morgan fingerprint density at radius 2 is 2.10 bits per heavy atom. The number of likely N-dealkylation sites (N-methyl/N-ethyl adjacent to an activating group) is 1. The largest absolute Gasteiger partial charge is 0.383 e. The molecule has 158 valence electrons. The molecule has 3 heterocycles. The minimum atomic E-state index is -1.64. The summed E-state index contributed by atoms with van der Waals surface area (Å²) in [5.74, 6) is 6.14. The quantitative estimate of drug-likeness (QED) is 0.619. The third kappa shape index (κ3) is 4.06. The number of carbonyl (C=O) groups excluding carboxylic acids is 1. The molecule has 3 aromatic rings. The standard InChI is InChI=1S/C23H24N6O2/c1-28(2)14-17-12-25-13-18-19(17)20(24)27-21(26-18)16-6-4-5-15(11-16)7-8-23(31)9-10-29(3)22(23)30/h4-6,11-13,31H,9-10,14H2,1-3H3,(H2,24,26,27)/t23-/m0/s1. The van der Waals surface area contributed by atoms with E-state index in [0.29, 0.717) is 42.2 Å². The molecular weight excluding hydrogens is 392 g/mol. The van der Waals surface area contributed by atoms with E-state index in [1.165, 1.54) is 4.90 Å². The van der Waals surface area contributed by atoms with Gasteiger partial charge in [-0.25, -0.2) is 9.97 Å². The zero-order valence-electron chi connectivity index (χ0n) is 17.8. The van der Waals surface area contributed by atoms with Gasteiger partial charge in [0, 0.05) is 43.9 Å². The van der Waals surface area contributed by atoms with Crippen LogP contribution in [0, 0.1) is 11.8 Å². The number of nitrogens with two attached hydrogens (primary N) is 1. The minimum Gasteiger partial charge on any atom is -0.383 e. The summed E-state index contributed by atoms with van der Waals surface area (Å²) in [4.78, 5) is 29.1. The zero-order chi connectivity index (χ0) is 22.2. The van der Waals surface area contributed by atoms with Gasteiger partial charge < -0.3 is 20.6 Å². The van der Waals surface area contributed by atoms with Crippen LogP contribution < -0.4 is 5.73 Å². The Morgan fingerprint density at radius 3 is 2.81 bits per heavy atom. The highest BCUT2D eigenvalue weighted by Crippen LogP contribution is 2.26. The molecule has 2 aromatic heterocycles. The van der Waals surface area contributed by atoms with E-state index in [-0.39, 0.29) is 5.91 Å². The maximum Gasteiger partial charge on any atom is 0.267 e. The lowest BCUT2D eigenvalue weighted by molar-refractivity contribution is -0.137. The van der Waals surface area contributed by atoms with Gasteiger partial charge in [-0.05, 0) is 31.8 Å². The van der Waals surface area contributed by atoms with E-state index in [1.54, 1.807) is 19.4 Å². The highest BCUT2D eigenvalue weighted by atomic mass is 16.3. The molecular formula is C23H24N6O2. The predicted molar refractivity (Wildman–Crippen MR) is 119 cm³/mol. The number of carbonyl (C=O) groups is 1. The summed E-state index contributed by atoms with van der Waals surface area (Å²) >= 11 is 0. The molecule has 1 fully saturated rings. The molecule has 1 aliphatic heterocycles. The van der Waals surface area contributed by atoms with Gasteiger partial charge in [0.1, 0.15) is 5.82 Å². The lowest BCUT2D eigenvalue weighted by atomic mass is 10.0. The van der Waals surface area contributed by atoms with E-state index < -0.39 is 5.60 Å². The number of nitrogen functional groups attached to an aromatic ring is 1. The molecule has 4 rings (SSSR count). The lowest BCUT2D eigenvalue weighted by Crippen LogP contribution is -2.37. The van der Waals surface area contributed by atoms with E-state index in [0.717, 1.165) is 16.5 Å². The first-order valence-corrected chi connectivity index (χ1v) is 9.93. The van der Waals surface area contributed by atoms with Crippen LogP contribution in [-0.2, 0) is 11.3 Å². The summed E-state index contributed by atoms with van der Waals surface area (Å²) < 4.78 is 0. The molecule has 1 aromatic carbocycles. The monoisotopic (exact) mass is 416 g/mol. The molecule has 0 bridgehead atoms. The summed E-state index contributed by atoms with van der Waals surface area (Å²) in [6, 6.07) is 7.32. The van der Waals surface area contributed by atoms with Crippen LogP contribution in [-0.4, -0.2) is 69.1 Å². The zero-order valence-corrected chi connectivity index (χ0v) is 17.8. The van der Waals surface area contributed by atoms with Crippen LogP contribution in [0.5, 0.6) is 0 Å². The molecule has 0 saturated carbocycles. The molecule has 31 heavy (non-hydrogen) atoms. The van der Waals surface area contributed by atoms with Crippen LogP contribution in [0.1, 0.15) is 17.5 Å². The summed E-state index contributed by atoms with van der Waals surface area (Å²) in [5.41, 5.74) is 7.68. The second-order valence-corrected chi connectivity index (χ2v) is 8.03. The Balaban J connectivity index is 1.70. The van der Waals surface area contributed by atoms with Crippen molar-refractivity contribution in [3.63, 3.8) is 0 Å². The van der Waals surface area contributed by atoms with Crippen LogP contribution in [0.25, 0.3) is 22.3 Å². The Labute approximate surface area is 180 Å². The van der Waals surface area contributed by atoms with E-state index in [9.17, 15) is 9.90 Å². The van der Waals surface area contributed by atoms with Gasteiger partial charge in [0.15, 0.2) is 5.82 Å². The van der Waals surface area contributed by atoms with Gasteiger partial charge in [0.25, 0.3) is 5.91 Å². The van der Waals surface area contributed by atoms with Crippen molar-refractivity contribution >= 4 is 22.6 Å². The summed E-state index contributed by atoms with van der Waals surface area (Å²) in [6.07, 6.45) is 3.75. The molecule has 3 N–H and O–H groups in total. The average molecular weight is 416 g/mol. The highest BCUT2D eigenvalue weighted by Gasteiger charge is 2.42. The first-order chi connectivity index (χ1) is 14.8. The number of hydrogen-bond donors (Lipinski definition) is 2. The normalized spacial score (nSPS) is 18.5. The summed E-state index contributed by atoms with van der Waals surface area (Å²) in [5, 5.41) is 11.3. The Bertz CT molecular complexity index is 1230. The number of amides is 1. The van der Waals surface area contributed by atoms with Crippen LogP contribution >= 0.6 is 0 Å². The van der Waals surface area contributed by atoms with E-state index in [2.05, 4.69) is 26.8 Å². The number of aliphatic hydroxyl groups is 1. The fraction of sp³-hybridized carbons (Fsp3) is 0.304. The van der Waals surface area contributed by atoms with Gasteiger partial charge in [-0.2, -0.15) is 0 Å². The summed E-state index contributed by atoms with van der Waals surface area (Å²) in [7, 11) is 5.61. The second-order valence-electron chi connectivity index (χ2n) is 8.03. The minimum absolute atomic E-state index is 0.293. The maximum atomic E-state index is 12.1. The van der Waals surface area contributed by atoms with E-state index >= 15 is 0 Å². The van der Waals surface area contributed by atoms with Gasteiger partial charge in [-0.1, -0.05) is 24.0 Å². The number of fused-ring (bicyclic) bond motifs is 1. The van der Waals surface area contributed by atoms with Crippen molar-refractivity contribution in [2.45, 2.75) is 18.6 Å². The smallest absolute Gasteiger partial charge is 0.267 e. The van der Waals surface area contributed by atoms with Crippen molar-refractivity contribution < 1.29 is 9.90 Å². The first-order valence-electron chi connectivity index (χ1n) is 9.93. The van der Waals surface area contributed by atoms with Gasteiger partial charge in [0.05, 0.1) is 17.1 Å². The van der Waals surface area contributed by atoms with Crippen molar-refractivity contribution in [2.24, 2.45) is 0 Å². The second kappa shape index (κ2) is 7.95. The molecule has 8 nitrogen and oxygen atoms in total. The number of aromatic nitrogens is 3. The van der Waals surface area contributed by atoms with Crippen LogP contribution in [0.2, 0.25) is 0 Å². The Kier molecular flexibility index (Phi) is 5.31. The molecule has 0 spiro atoms. The van der Waals surface area contributed by atoms with Crippen molar-refractivity contribution in [2.75, 3.05) is 33.4 Å². The number of hydrogen-bond acceptors (Lipinski definition) is 7. The predicted octanol–water partition coefficient (Wildman–Crippen LogP) is 1.28. The van der Waals surface area contributed by atoms with Gasteiger partial charge >= 0.3 is 0 Å². The number of benzene rings is 1. The molecule has 1 saturated heterocycles. The number of nitrogens with zero attached hydrogens (tertiary/aromatic N) is 5. The fourth-order valence-corrected chi connectivity index (χ4v) is 3.65. The molecule has 1 atom stereocenters. The molecule has 0 radical (unpaired) electrons. The van der Waals surface area contributed by atoms with E-state index in [1.807, 2.05) is 43.3 Å². The topological polar surface area (TPSA) is 108 Å². The molecule has 1 aliphatic rings. The van der Waals surface area contributed by atoms with Crippen molar-refractivity contribution in [3.05, 3.63) is 47.8 Å². The van der Waals surface area contributed by atoms with Gasteiger partial charge in [-0.3, -0.25) is 9.78 Å². The maximum absolute atomic E-state index is 12.1. The highest BCUT2D eigenvalue weighted by molar-refractivity contribution is 5.92. The lowest BCUT2D eigenvalue weighted by Gasteiger charge is -2.13. The average Bonchev–Trinajstić information content (AvgIpc) is 3.00. The molecule has 0 unspecified atom stereocenters. The fourth-order valence-electron chi connectivity index (χ4n) is 3.65. The third-order valence-electron chi connectivity index (χ3n) is 5.24. The number of likely N-dealkylation sites (tertiary alicyclic amines) is 1. The number of anilines is 1. The molecule has 0 aliphatic carbocycles. The van der Waals surface area contributed by atoms with Crippen molar-refractivity contribution in [1.82, 2.24) is 24.8 Å². The SMILES string of the molecule is CN(C)Cc1cncc2nc(-c3cccc(C#C[C@]4(O)CCN(C)C4=O)c3)nc(N)c12. The van der Waals surface area contributed by atoms with Crippen LogP contribution in [0.3, 0.4) is 0 Å². The Morgan fingerprint density at radius 1 is 1.29 bits per heavy atom. The third-order valence-corrected chi connectivity index (χ3v) is 5.24. The van der Waals surface area contributed by atoms with Crippen molar-refractivity contribution in [3.8, 4) is 23.2 Å². The Hall–Kier alpha value is -3.54. The number of pyridine rings is 1. The van der Waals surface area contributed by atoms with Crippen molar-refractivity contribution in [1.29, 1.82) is 0 Å². The van der Waals surface area contributed by atoms with Gasteiger partial charge in [0.2, 0.25) is 5.60 Å². The van der Waals surface area contributed by atoms with Gasteiger partial charge in [-0.15, -0.1) is 0 Å². The van der Waals surface area contributed by atoms with E-state index in [4.69, 9.17) is 5.73 Å². The van der Waals surface area contributed by atoms with Crippen LogP contribution in [0.4, 0.5) is 5.82 Å². The first kappa shape index (κ1) is 20.7. The molecule has 8 heteroatoms.